The van der Waals surface area contributed by atoms with Gasteiger partial charge in [-0.3, -0.25) is 9.59 Å². The molecule has 0 saturated carbocycles. The average Bonchev–Trinajstić information content (AvgIpc) is 2.78. The van der Waals surface area contributed by atoms with Gasteiger partial charge in [-0.15, -0.1) is 0 Å². The minimum absolute atomic E-state index is 0.109. The normalized spacial score (nSPS) is 9.83. The smallest absolute Gasteiger partial charge is 0.300 e. The summed E-state index contributed by atoms with van der Waals surface area (Å²) in [6.45, 7) is 1.69. The number of furan rings is 1. The number of hydrogen-bond acceptors (Lipinski definition) is 5. The molecule has 0 aromatic carbocycles. The SMILES string of the molecule is CC(=O)Nc1cc(-c2ccc(OC=O)o2)ccn1. The average molecular weight is 246 g/mol. The summed E-state index contributed by atoms with van der Waals surface area (Å²) >= 11 is 0. The van der Waals surface area contributed by atoms with Crippen LogP contribution in [-0.2, 0) is 9.59 Å². The van der Waals surface area contributed by atoms with E-state index in [2.05, 4.69) is 15.0 Å². The molecule has 0 aliphatic carbocycles. The quantitative estimate of drug-likeness (QED) is 0.832. The maximum Gasteiger partial charge on any atom is 0.300 e. The monoisotopic (exact) mass is 246 g/mol. The lowest BCUT2D eigenvalue weighted by atomic mass is 10.2. The first-order chi connectivity index (χ1) is 8.69. The number of hydrogen-bond donors (Lipinski definition) is 1. The first-order valence-corrected chi connectivity index (χ1v) is 5.13. The molecule has 0 atom stereocenters. The van der Waals surface area contributed by atoms with Crippen molar-refractivity contribution < 1.29 is 18.7 Å². The number of anilines is 1. The van der Waals surface area contributed by atoms with Crippen molar-refractivity contribution in [3.05, 3.63) is 30.5 Å². The van der Waals surface area contributed by atoms with Gasteiger partial charge in [0.1, 0.15) is 11.6 Å². The molecule has 2 aromatic heterocycles. The van der Waals surface area contributed by atoms with Crippen molar-refractivity contribution in [3.8, 4) is 17.3 Å². The van der Waals surface area contributed by atoms with E-state index in [0.717, 1.165) is 5.56 Å². The standard InChI is InChI=1S/C12H10N2O4/c1-8(16)14-11-6-9(4-5-13-11)10-2-3-12(18-10)17-7-15/h2-7H,1H3,(H,13,14,16). The summed E-state index contributed by atoms with van der Waals surface area (Å²) in [5.74, 6) is 0.845. The Labute approximate surface area is 103 Å². The van der Waals surface area contributed by atoms with Gasteiger partial charge >= 0.3 is 6.47 Å². The van der Waals surface area contributed by atoms with Crippen molar-refractivity contribution >= 4 is 18.2 Å². The van der Waals surface area contributed by atoms with Crippen LogP contribution in [0.3, 0.4) is 0 Å². The van der Waals surface area contributed by atoms with E-state index in [4.69, 9.17) is 4.42 Å². The van der Waals surface area contributed by atoms with Crippen molar-refractivity contribution in [2.75, 3.05) is 5.32 Å². The Bertz CT molecular complexity index is 577. The number of rotatable bonds is 4. The summed E-state index contributed by atoms with van der Waals surface area (Å²) in [5, 5.41) is 2.57. The minimum atomic E-state index is -0.205. The predicted octanol–water partition coefficient (Wildman–Crippen LogP) is 1.84. The number of carbonyl (C=O) groups is 2. The van der Waals surface area contributed by atoms with E-state index < -0.39 is 0 Å². The van der Waals surface area contributed by atoms with Gasteiger partial charge in [-0.1, -0.05) is 0 Å². The molecule has 0 spiro atoms. The predicted molar refractivity (Wildman–Crippen MR) is 62.9 cm³/mol. The number of ether oxygens (including phenoxy) is 1. The number of pyridine rings is 1. The molecule has 1 amide bonds. The maximum atomic E-state index is 10.9. The number of nitrogens with zero attached hydrogens (tertiary/aromatic N) is 1. The highest BCUT2D eigenvalue weighted by molar-refractivity contribution is 5.88. The van der Waals surface area contributed by atoms with E-state index in [-0.39, 0.29) is 18.3 Å². The van der Waals surface area contributed by atoms with Gasteiger partial charge in [0.05, 0.1) is 0 Å². The van der Waals surface area contributed by atoms with Crippen LogP contribution >= 0.6 is 0 Å². The van der Waals surface area contributed by atoms with Crippen LogP contribution in [0.2, 0.25) is 0 Å². The lowest BCUT2D eigenvalue weighted by Gasteiger charge is -2.02. The summed E-state index contributed by atoms with van der Waals surface area (Å²) in [5.41, 5.74) is 0.717. The van der Waals surface area contributed by atoms with Gasteiger partial charge in [-0.05, 0) is 18.2 Å². The van der Waals surface area contributed by atoms with Gasteiger partial charge in [0.25, 0.3) is 5.95 Å². The van der Waals surface area contributed by atoms with E-state index in [1.807, 2.05) is 0 Å². The van der Waals surface area contributed by atoms with Gasteiger partial charge in [0, 0.05) is 24.8 Å². The Hall–Kier alpha value is -2.63. The third-order valence-corrected chi connectivity index (χ3v) is 2.09. The number of aromatic nitrogens is 1. The third kappa shape index (κ3) is 2.73. The lowest BCUT2D eigenvalue weighted by molar-refractivity contribution is -0.121. The van der Waals surface area contributed by atoms with Crippen molar-refractivity contribution in [1.82, 2.24) is 4.98 Å². The van der Waals surface area contributed by atoms with Gasteiger partial charge in [-0.2, -0.15) is 0 Å². The molecule has 6 heteroatoms. The fourth-order valence-electron chi connectivity index (χ4n) is 1.42. The van der Waals surface area contributed by atoms with Crippen molar-refractivity contribution in [2.45, 2.75) is 6.92 Å². The molecular weight excluding hydrogens is 236 g/mol. The van der Waals surface area contributed by atoms with E-state index in [0.29, 0.717) is 11.6 Å². The summed E-state index contributed by atoms with van der Waals surface area (Å²) in [7, 11) is 0. The summed E-state index contributed by atoms with van der Waals surface area (Å²) in [6, 6.07) is 6.56. The van der Waals surface area contributed by atoms with Crippen LogP contribution in [0.15, 0.2) is 34.9 Å². The second kappa shape index (κ2) is 5.13. The Balaban J connectivity index is 2.26. The molecule has 18 heavy (non-hydrogen) atoms. The van der Waals surface area contributed by atoms with Crippen LogP contribution in [0.25, 0.3) is 11.3 Å². The second-order valence-electron chi connectivity index (χ2n) is 3.44. The van der Waals surface area contributed by atoms with Gasteiger partial charge in [0.15, 0.2) is 0 Å². The molecule has 0 fully saturated rings. The van der Waals surface area contributed by atoms with Gasteiger partial charge < -0.3 is 14.5 Å². The van der Waals surface area contributed by atoms with Crippen LogP contribution in [0.4, 0.5) is 5.82 Å². The van der Waals surface area contributed by atoms with E-state index in [1.54, 1.807) is 24.4 Å². The summed E-state index contributed by atoms with van der Waals surface area (Å²) in [4.78, 5) is 25.1. The lowest BCUT2D eigenvalue weighted by Crippen LogP contribution is -2.07. The molecule has 0 aliphatic heterocycles. The Morgan fingerprint density at radius 1 is 1.44 bits per heavy atom. The molecule has 0 unspecified atom stereocenters. The molecule has 0 saturated heterocycles. The third-order valence-electron chi connectivity index (χ3n) is 2.09. The Morgan fingerprint density at radius 2 is 2.28 bits per heavy atom. The van der Waals surface area contributed by atoms with Crippen molar-refractivity contribution in [3.63, 3.8) is 0 Å². The highest BCUT2D eigenvalue weighted by Gasteiger charge is 2.07. The fourth-order valence-corrected chi connectivity index (χ4v) is 1.42. The minimum Gasteiger partial charge on any atom is -0.425 e. The molecule has 6 nitrogen and oxygen atoms in total. The van der Waals surface area contributed by atoms with E-state index in [1.165, 1.54) is 13.0 Å². The summed E-state index contributed by atoms with van der Waals surface area (Å²) < 4.78 is 9.85. The van der Waals surface area contributed by atoms with Crippen LogP contribution in [0, 0.1) is 0 Å². The van der Waals surface area contributed by atoms with E-state index >= 15 is 0 Å². The first kappa shape index (κ1) is 11.8. The van der Waals surface area contributed by atoms with E-state index in [9.17, 15) is 9.59 Å². The second-order valence-corrected chi connectivity index (χ2v) is 3.44. The molecule has 1 N–H and O–H groups in total. The van der Waals surface area contributed by atoms with Gasteiger partial charge in [-0.25, -0.2) is 4.98 Å². The molecule has 92 valence electrons. The van der Waals surface area contributed by atoms with Crippen LogP contribution in [-0.4, -0.2) is 17.4 Å². The molecular formula is C12H10N2O4. The summed E-state index contributed by atoms with van der Waals surface area (Å²) in [6.07, 6.45) is 1.55. The number of carbonyl (C=O) groups excluding carboxylic acids is 2. The van der Waals surface area contributed by atoms with Crippen LogP contribution < -0.4 is 10.1 Å². The number of nitrogens with one attached hydrogen (secondary N) is 1. The topological polar surface area (TPSA) is 81.4 Å². The van der Waals surface area contributed by atoms with Crippen LogP contribution in [0.1, 0.15) is 6.92 Å². The van der Waals surface area contributed by atoms with Crippen molar-refractivity contribution in [1.29, 1.82) is 0 Å². The first-order valence-electron chi connectivity index (χ1n) is 5.13. The van der Waals surface area contributed by atoms with Gasteiger partial charge in [0.2, 0.25) is 5.91 Å². The zero-order valence-corrected chi connectivity index (χ0v) is 9.54. The Kier molecular flexibility index (Phi) is 3.38. The highest BCUT2D eigenvalue weighted by atomic mass is 16.6. The molecule has 0 aliphatic rings. The molecule has 2 aromatic rings. The molecule has 2 heterocycles. The van der Waals surface area contributed by atoms with Crippen molar-refractivity contribution in [2.24, 2.45) is 0 Å². The zero-order chi connectivity index (χ0) is 13.0. The molecule has 2 rings (SSSR count). The highest BCUT2D eigenvalue weighted by Crippen LogP contribution is 2.26. The molecule has 0 radical (unpaired) electrons. The Morgan fingerprint density at radius 3 is 3.00 bits per heavy atom. The number of amides is 1. The zero-order valence-electron chi connectivity index (χ0n) is 9.54. The fraction of sp³-hybridized carbons (Fsp3) is 0.0833. The molecule has 0 bridgehead atoms. The largest absolute Gasteiger partial charge is 0.425 e. The van der Waals surface area contributed by atoms with Crippen LogP contribution in [0.5, 0.6) is 5.95 Å². The maximum absolute atomic E-state index is 10.9.